The van der Waals surface area contributed by atoms with Crippen LogP contribution in [0.1, 0.15) is 57.4 Å². The fourth-order valence-corrected chi connectivity index (χ4v) is 4.02. The third-order valence-electron chi connectivity index (χ3n) is 5.41. The van der Waals surface area contributed by atoms with Gasteiger partial charge in [0, 0.05) is 24.8 Å². The van der Waals surface area contributed by atoms with Crippen molar-refractivity contribution in [1.29, 1.82) is 0 Å². The molecule has 2 fully saturated rings. The summed E-state index contributed by atoms with van der Waals surface area (Å²) in [6, 6.07) is 4.29. The van der Waals surface area contributed by atoms with E-state index in [1.165, 1.54) is 57.2 Å². The molecule has 116 valence electrons. The van der Waals surface area contributed by atoms with E-state index in [0.29, 0.717) is 5.41 Å². The van der Waals surface area contributed by atoms with Gasteiger partial charge in [-0.2, -0.15) is 0 Å². The number of nitrogens with zero attached hydrogens (tertiary/aromatic N) is 2. The molecule has 0 amide bonds. The number of nitrogens with one attached hydrogen (secondary N) is 1. The molecule has 3 nitrogen and oxygen atoms in total. The lowest BCUT2D eigenvalue weighted by Crippen LogP contribution is -2.38. The minimum atomic E-state index is 0.717. The normalized spacial score (nSPS) is 21.8. The number of piperidine rings is 1. The zero-order valence-electron chi connectivity index (χ0n) is 13.4. The van der Waals surface area contributed by atoms with Gasteiger partial charge in [-0.25, -0.2) is 4.98 Å². The maximum Gasteiger partial charge on any atom is 0.130 e. The van der Waals surface area contributed by atoms with Crippen molar-refractivity contribution in [3.05, 3.63) is 23.9 Å². The van der Waals surface area contributed by atoms with Crippen LogP contribution < -0.4 is 5.32 Å². The van der Waals surface area contributed by atoms with Crippen LogP contribution in [-0.4, -0.2) is 29.5 Å². The van der Waals surface area contributed by atoms with Gasteiger partial charge in [-0.05, 0) is 56.7 Å². The second-order valence-electron chi connectivity index (χ2n) is 6.92. The molecule has 1 N–H and O–H groups in total. The van der Waals surface area contributed by atoms with Crippen LogP contribution in [0.2, 0.25) is 0 Å². The van der Waals surface area contributed by atoms with Crippen LogP contribution in [0.4, 0.5) is 5.82 Å². The van der Waals surface area contributed by atoms with Crippen molar-refractivity contribution in [3.8, 4) is 0 Å². The molecule has 0 radical (unpaired) electrons. The quantitative estimate of drug-likeness (QED) is 0.885. The zero-order valence-corrected chi connectivity index (χ0v) is 13.4. The van der Waals surface area contributed by atoms with Crippen molar-refractivity contribution in [1.82, 2.24) is 9.88 Å². The molecule has 1 aromatic heterocycles. The second-order valence-corrected chi connectivity index (χ2v) is 6.92. The predicted molar refractivity (Wildman–Crippen MR) is 88.4 cm³/mol. The number of aromatic nitrogens is 1. The summed E-state index contributed by atoms with van der Waals surface area (Å²) in [5.41, 5.74) is 2.07. The van der Waals surface area contributed by atoms with E-state index in [1.54, 1.807) is 0 Å². The Morgan fingerprint density at radius 1 is 1.19 bits per heavy atom. The Morgan fingerprint density at radius 3 is 2.67 bits per heavy atom. The molecule has 1 saturated heterocycles. The number of pyridine rings is 1. The molecule has 2 heterocycles. The van der Waals surface area contributed by atoms with Crippen molar-refractivity contribution < 1.29 is 0 Å². The number of likely N-dealkylation sites (tertiary alicyclic amines) is 1. The monoisotopic (exact) mass is 287 g/mol. The fourth-order valence-electron chi connectivity index (χ4n) is 4.02. The molecule has 21 heavy (non-hydrogen) atoms. The van der Waals surface area contributed by atoms with Crippen LogP contribution >= 0.6 is 0 Å². The summed E-state index contributed by atoms with van der Waals surface area (Å²) in [5, 5.41) is 3.46. The molecular weight excluding hydrogens is 258 g/mol. The highest BCUT2D eigenvalue weighted by Crippen LogP contribution is 2.46. The number of hydrogen-bond donors (Lipinski definition) is 1. The SMILES string of the molecule is CCCNc1ncccc1CN1CCC2(CCCC2)CC1. The Morgan fingerprint density at radius 2 is 1.95 bits per heavy atom. The Labute approximate surface area is 129 Å². The minimum absolute atomic E-state index is 0.717. The third-order valence-corrected chi connectivity index (χ3v) is 5.41. The molecule has 3 rings (SSSR count). The Balaban J connectivity index is 1.57. The topological polar surface area (TPSA) is 28.2 Å². The number of rotatable bonds is 5. The van der Waals surface area contributed by atoms with Crippen molar-refractivity contribution in [3.63, 3.8) is 0 Å². The molecule has 0 unspecified atom stereocenters. The highest BCUT2D eigenvalue weighted by atomic mass is 15.1. The van der Waals surface area contributed by atoms with Crippen molar-refractivity contribution in [2.75, 3.05) is 25.0 Å². The average molecular weight is 287 g/mol. The van der Waals surface area contributed by atoms with Gasteiger partial charge in [-0.15, -0.1) is 0 Å². The van der Waals surface area contributed by atoms with E-state index in [4.69, 9.17) is 0 Å². The number of hydrogen-bond acceptors (Lipinski definition) is 3. The highest BCUT2D eigenvalue weighted by molar-refractivity contribution is 5.43. The van der Waals surface area contributed by atoms with E-state index >= 15 is 0 Å². The molecule has 3 heteroatoms. The molecule has 1 aromatic rings. The van der Waals surface area contributed by atoms with Crippen LogP contribution in [0.5, 0.6) is 0 Å². The molecular formula is C18H29N3. The first kappa shape index (κ1) is 14.8. The van der Waals surface area contributed by atoms with Gasteiger partial charge in [-0.3, -0.25) is 4.90 Å². The summed E-state index contributed by atoms with van der Waals surface area (Å²) in [6.45, 7) is 6.79. The molecule has 1 spiro atoms. The average Bonchev–Trinajstić information content (AvgIpc) is 2.97. The van der Waals surface area contributed by atoms with E-state index in [9.17, 15) is 0 Å². The highest BCUT2D eigenvalue weighted by Gasteiger charge is 2.36. The summed E-state index contributed by atoms with van der Waals surface area (Å²) in [7, 11) is 0. The van der Waals surface area contributed by atoms with Gasteiger partial charge in [0.2, 0.25) is 0 Å². The zero-order chi connectivity index (χ0) is 14.5. The number of anilines is 1. The standard InChI is InChI=1S/C18H29N3/c1-2-11-19-17-16(6-5-12-20-17)15-21-13-9-18(10-14-21)7-3-4-8-18/h5-6,12H,2-4,7-11,13-15H2,1H3,(H,19,20). The fraction of sp³-hybridized carbons (Fsp3) is 0.722. The first-order chi connectivity index (χ1) is 10.3. The van der Waals surface area contributed by atoms with Gasteiger partial charge in [-0.1, -0.05) is 25.8 Å². The van der Waals surface area contributed by atoms with Crippen molar-refractivity contribution in [2.24, 2.45) is 5.41 Å². The van der Waals surface area contributed by atoms with E-state index < -0.39 is 0 Å². The molecule has 1 saturated carbocycles. The summed E-state index contributed by atoms with van der Waals surface area (Å²) >= 11 is 0. The van der Waals surface area contributed by atoms with Gasteiger partial charge in [0.1, 0.15) is 5.82 Å². The third kappa shape index (κ3) is 3.57. The van der Waals surface area contributed by atoms with E-state index in [2.05, 4.69) is 34.3 Å². The largest absolute Gasteiger partial charge is 0.370 e. The van der Waals surface area contributed by atoms with E-state index in [0.717, 1.165) is 25.3 Å². The van der Waals surface area contributed by atoms with Gasteiger partial charge < -0.3 is 5.32 Å². The first-order valence-electron chi connectivity index (χ1n) is 8.71. The van der Waals surface area contributed by atoms with Crippen molar-refractivity contribution >= 4 is 5.82 Å². The maximum absolute atomic E-state index is 4.51. The van der Waals surface area contributed by atoms with E-state index in [1.807, 2.05) is 6.20 Å². The Hall–Kier alpha value is -1.09. The molecule has 2 aliphatic rings. The Kier molecular flexibility index (Phi) is 4.79. The van der Waals surface area contributed by atoms with Crippen molar-refractivity contribution in [2.45, 2.75) is 58.4 Å². The van der Waals surface area contributed by atoms with Crippen LogP contribution in [0.3, 0.4) is 0 Å². The molecule has 1 aliphatic carbocycles. The molecule has 1 aliphatic heterocycles. The van der Waals surface area contributed by atoms with Gasteiger partial charge in [0.05, 0.1) is 0 Å². The predicted octanol–water partition coefficient (Wildman–Crippen LogP) is 4.06. The summed E-state index contributed by atoms with van der Waals surface area (Å²) < 4.78 is 0. The Bertz CT molecular complexity index is 442. The molecule has 0 aromatic carbocycles. The van der Waals surface area contributed by atoms with Gasteiger partial charge in [0.25, 0.3) is 0 Å². The summed E-state index contributed by atoms with van der Waals surface area (Å²) in [6.07, 6.45) is 11.7. The van der Waals surface area contributed by atoms with Crippen LogP contribution in [0.15, 0.2) is 18.3 Å². The lowest BCUT2D eigenvalue weighted by molar-refractivity contribution is 0.104. The van der Waals surface area contributed by atoms with Gasteiger partial charge in [0.15, 0.2) is 0 Å². The molecule has 0 bridgehead atoms. The summed E-state index contributed by atoms with van der Waals surface area (Å²) in [4.78, 5) is 7.14. The van der Waals surface area contributed by atoms with E-state index in [-0.39, 0.29) is 0 Å². The minimum Gasteiger partial charge on any atom is -0.370 e. The van der Waals surface area contributed by atoms with Crippen LogP contribution in [0, 0.1) is 5.41 Å². The maximum atomic E-state index is 4.51. The first-order valence-corrected chi connectivity index (χ1v) is 8.71. The van der Waals surface area contributed by atoms with Gasteiger partial charge >= 0.3 is 0 Å². The van der Waals surface area contributed by atoms with Crippen LogP contribution in [-0.2, 0) is 6.54 Å². The smallest absolute Gasteiger partial charge is 0.130 e. The summed E-state index contributed by atoms with van der Waals surface area (Å²) in [5.74, 6) is 1.08. The second kappa shape index (κ2) is 6.78. The lowest BCUT2D eigenvalue weighted by atomic mass is 9.77. The van der Waals surface area contributed by atoms with Crippen LogP contribution in [0.25, 0.3) is 0 Å². The molecule has 0 atom stereocenters. The lowest BCUT2D eigenvalue weighted by Gasteiger charge is -2.39.